The lowest BCUT2D eigenvalue weighted by Crippen LogP contribution is -2.51. The molecule has 6 heteroatoms. The molecule has 0 spiro atoms. The molecule has 6 nitrogen and oxygen atoms in total. The third kappa shape index (κ3) is 3.43. The normalized spacial score (nSPS) is 16.9. The number of hydrogen-bond donors (Lipinski definition) is 0. The predicted octanol–water partition coefficient (Wildman–Crippen LogP) is 2.70. The van der Waals surface area contributed by atoms with Gasteiger partial charge >= 0.3 is 6.03 Å². The number of urea groups is 1. The van der Waals surface area contributed by atoms with Crippen LogP contribution in [0.5, 0.6) is 0 Å². The standard InChI is InChI=1S/C18H24N4O2/c1-14(21-9-11-22(12-10-21)18(23)20(2)3)17-19-13-16(24-17)15-7-5-4-6-8-15/h4-8,13-14H,9-12H2,1-3H3/t14-/m1/s1. The van der Waals surface area contributed by atoms with E-state index in [9.17, 15) is 4.79 Å². The molecule has 1 aromatic heterocycles. The molecule has 0 N–H and O–H groups in total. The molecule has 0 bridgehead atoms. The van der Waals surface area contributed by atoms with Gasteiger partial charge in [0.2, 0.25) is 5.89 Å². The minimum Gasteiger partial charge on any atom is -0.439 e. The Kier molecular flexibility index (Phi) is 4.85. The molecule has 2 heterocycles. The highest BCUT2D eigenvalue weighted by atomic mass is 16.4. The highest BCUT2D eigenvalue weighted by Gasteiger charge is 2.27. The smallest absolute Gasteiger partial charge is 0.319 e. The number of aromatic nitrogens is 1. The number of nitrogens with zero attached hydrogens (tertiary/aromatic N) is 4. The molecule has 0 unspecified atom stereocenters. The number of hydrogen-bond acceptors (Lipinski definition) is 4. The van der Waals surface area contributed by atoms with Crippen molar-refractivity contribution in [1.29, 1.82) is 0 Å². The minimum atomic E-state index is 0.0739. The van der Waals surface area contributed by atoms with Crippen molar-refractivity contribution in [3.05, 3.63) is 42.4 Å². The lowest BCUT2D eigenvalue weighted by atomic mass is 10.2. The topological polar surface area (TPSA) is 52.8 Å². The molecule has 0 saturated carbocycles. The van der Waals surface area contributed by atoms with Crippen molar-refractivity contribution in [2.45, 2.75) is 13.0 Å². The zero-order valence-corrected chi connectivity index (χ0v) is 14.5. The summed E-state index contributed by atoms with van der Waals surface area (Å²) in [6.07, 6.45) is 1.78. The van der Waals surface area contributed by atoms with Crippen molar-refractivity contribution >= 4 is 6.03 Å². The quantitative estimate of drug-likeness (QED) is 0.869. The first-order chi connectivity index (χ1) is 11.6. The van der Waals surface area contributed by atoms with E-state index in [2.05, 4.69) is 16.8 Å². The second kappa shape index (κ2) is 7.05. The van der Waals surface area contributed by atoms with Crippen molar-refractivity contribution in [2.24, 2.45) is 0 Å². The summed E-state index contributed by atoms with van der Waals surface area (Å²) in [5.41, 5.74) is 1.03. The van der Waals surface area contributed by atoms with Crippen LogP contribution in [0.3, 0.4) is 0 Å². The average Bonchev–Trinajstić information content (AvgIpc) is 3.11. The van der Waals surface area contributed by atoms with Crippen molar-refractivity contribution in [1.82, 2.24) is 19.7 Å². The van der Waals surface area contributed by atoms with Crippen molar-refractivity contribution in [3.63, 3.8) is 0 Å². The van der Waals surface area contributed by atoms with Gasteiger partial charge < -0.3 is 14.2 Å². The van der Waals surface area contributed by atoms with Crippen LogP contribution in [0.2, 0.25) is 0 Å². The Morgan fingerprint density at radius 2 is 1.83 bits per heavy atom. The van der Waals surface area contributed by atoms with E-state index in [-0.39, 0.29) is 12.1 Å². The number of benzene rings is 1. The summed E-state index contributed by atoms with van der Waals surface area (Å²) < 4.78 is 5.96. The van der Waals surface area contributed by atoms with E-state index in [1.807, 2.05) is 35.2 Å². The summed E-state index contributed by atoms with van der Waals surface area (Å²) in [5, 5.41) is 0. The van der Waals surface area contributed by atoms with Crippen molar-refractivity contribution < 1.29 is 9.21 Å². The summed E-state index contributed by atoms with van der Waals surface area (Å²) in [4.78, 5) is 22.3. The molecule has 3 rings (SSSR count). The zero-order chi connectivity index (χ0) is 17.1. The fourth-order valence-corrected chi connectivity index (χ4v) is 2.96. The van der Waals surface area contributed by atoms with Gasteiger partial charge in [-0.3, -0.25) is 4.90 Å². The molecule has 1 atom stereocenters. The van der Waals surface area contributed by atoms with E-state index in [1.54, 1.807) is 25.2 Å². The maximum atomic E-state index is 12.0. The highest BCUT2D eigenvalue weighted by Crippen LogP contribution is 2.26. The van der Waals surface area contributed by atoms with Crippen LogP contribution >= 0.6 is 0 Å². The van der Waals surface area contributed by atoms with Crippen LogP contribution in [-0.2, 0) is 0 Å². The van der Waals surface area contributed by atoms with Crippen LogP contribution in [0.4, 0.5) is 4.79 Å². The Labute approximate surface area is 142 Å². The Balaban J connectivity index is 1.63. The van der Waals surface area contributed by atoms with Crippen LogP contribution in [0.1, 0.15) is 18.9 Å². The van der Waals surface area contributed by atoms with Gasteiger partial charge in [-0.15, -0.1) is 0 Å². The molecular formula is C18H24N4O2. The molecule has 2 aromatic rings. The van der Waals surface area contributed by atoms with Gasteiger partial charge in [0, 0.05) is 45.8 Å². The number of rotatable bonds is 3. The monoisotopic (exact) mass is 328 g/mol. The van der Waals surface area contributed by atoms with Crippen molar-refractivity contribution in [2.75, 3.05) is 40.3 Å². The maximum absolute atomic E-state index is 12.0. The summed E-state index contributed by atoms with van der Waals surface area (Å²) in [6, 6.07) is 10.2. The molecule has 0 radical (unpaired) electrons. The third-order valence-corrected chi connectivity index (χ3v) is 4.45. The fraction of sp³-hybridized carbons (Fsp3) is 0.444. The van der Waals surface area contributed by atoms with Gasteiger partial charge in [-0.1, -0.05) is 30.3 Å². The van der Waals surface area contributed by atoms with Gasteiger partial charge in [0.25, 0.3) is 0 Å². The largest absolute Gasteiger partial charge is 0.439 e. The molecule has 24 heavy (non-hydrogen) atoms. The summed E-state index contributed by atoms with van der Waals surface area (Å²) in [7, 11) is 3.57. The number of oxazole rings is 1. The van der Waals surface area contributed by atoms with E-state index in [4.69, 9.17) is 4.42 Å². The van der Waals surface area contributed by atoms with Gasteiger partial charge in [-0.25, -0.2) is 9.78 Å². The fourth-order valence-electron chi connectivity index (χ4n) is 2.96. The number of amides is 2. The maximum Gasteiger partial charge on any atom is 0.319 e. The third-order valence-electron chi connectivity index (χ3n) is 4.45. The minimum absolute atomic E-state index is 0.0739. The Hall–Kier alpha value is -2.34. The molecule has 1 saturated heterocycles. The first-order valence-electron chi connectivity index (χ1n) is 8.27. The molecule has 128 valence electrons. The van der Waals surface area contributed by atoms with Gasteiger partial charge in [0.1, 0.15) is 0 Å². The number of piperazine rings is 1. The molecule has 1 aliphatic heterocycles. The highest BCUT2D eigenvalue weighted by molar-refractivity contribution is 5.73. The van der Waals surface area contributed by atoms with Crippen molar-refractivity contribution in [3.8, 4) is 11.3 Å². The Bertz CT molecular complexity index is 675. The first kappa shape index (κ1) is 16.5. The second-order valence-corrected chi connectivity index (χ2v) is 6.30. The lowest BCUT2D eigenvalue weighted by molar-refractivity contribution is 0.0940. The van der Waals surface area contributed by atoms with E-state index in [0.717, 1.165) is 43.4 Å². The number of carbonyl (C=O) groups is 1. The van der Waals surface area contributed by atoms with Crippen LogP contribution in [-0.4, -0.2) is 66.0 Å². The molecule has 1 fully saturated rings. The summed E-state index contributed by atoms with van der Waals surface area (Å²) in [5.74, 6) is 1.51. The molecule has 1 aromatic carbocycles. The average molecular weight is 328 g/mol. The van der Waals surface area contributed by atoms with Crippen LogP contribution in [0, 0.1) is 0 Å². The van der Waals surface area contributed by atoms with Gasteiger partial charge in [0.05, 0.1) is 12.2 Å². The second-order valence-electron chi connectivity index (χ2n) is 6.30. The van der Waals surface area contributed by atoms with Crippen LogP contribution < -0.4 is 0 Å². The van der Waals surface area contributed by atoms with Gasteiger partial charge in [0.15, 0.2) is 5.76 Å². The van der Waals surface area contributed by atoms with Crippen LogP contribution in [0.25, 0.3) is 11.3 Å². The van der Waals surface area contributed by atoms with E-state index in [1.165, 1.54) is 0 Å². The SMILES string of the molecule is C[C@H](c1ncc(-c2ccccc2)o1)N1CCN(C(=O)N(C)C)CC1. The Morgan fingerprint density at radius 3 is 2.46 bits per heavy atom. The predicted molar refractivity (Wildman–Crippen MR) is 92.6 cm³/mol. The molecule has 2 amide bonds. The lowest BCUT2D eigenvalue weighted by Gasteiger charge is -2.37. The summed E-state index contributed by atoms with van der Waals surface area (Å²) >= 11 is 0. The molecular weight excluding hydrogens is 304 g/mol. The van der Waals surface area contributed by atoms with E-state index in [0.29, 0.717) is 0 Å². The first-order valence-corrected chi connectivity index (χ1v) is 8.27. The van der Waals surface area contributed by atoms with E-state index < -0.39 is 0 Å². The number of carbonyl (C=O) groups excluding carboxylic acids is 1. The summed E-state index contributed by atoms with van der Waals surface area (Å²) in [6.45, 7) is 5.21. The van der Waals surface area contributed by atoms with Crippen LogP contribution in [0.15, 0.2) is 40.9 Å². The molecule has 0 aliphatic carbocycles. The zero-order valence-electron chi connectivity index (χ0n) is 14.5. The Morgan fingerprint density at radius 1 is 1.17 bits per heavy atom. The van der Waals surface area contributed by atoms with E-state index >= 15 is 0 Å². The van der Waals surface area contributed by atoms with Gasteiger partial charge in [-0.2, -0.15) is 0 Å². The molecule has 1 aliphatic rings. The van der Waals surface area contributed by atoms with Gasteiger partial charge in [-0.05, 0) is 6.92 Å².